The van der Waals surface area contributed by atoms with Crippen LogP contribution in [0.2, 0.25) is 0 Å². The van der Waals surface area contributed by atoms with Gasteiger partial charge in [0.15, 0.2) is 0 Å². The molecule has 1 aliphatic carbocycles. The smallest absolute Gasteiger partial charge is 0.310 e. The van der Waals surface area contributed by atoms with Crippen molar-refractivity contribution >= 4 is 5.97 Å². The zero-order valence-electron chi connectivity index (χ0n) is 13.3. The maximum atomic E-state index is 13.9. The van der Waals surface area contributed by atoms with Crippen molar-refractivity contribution in [2.45, 2.75) is 40.9 Å². The SMILES string of the molecule is COCc1ccc(COC(=O)C2C(C)(C)C2(C)C)c(F)c1. The van der Waals surface area contributed by atoms with E-state index < -0.39 is 0 Å². The Morgan fingerprint density at radius 2 is 1.81 bits per heavy atom. The van der Waals surface area contributed by atoms with Crippen molar-refractivity contribution in [1.29, 1.82) is 0 Å². The van der Waals surface area contributed by atoms with Crippen LogP contribution in [-0.2, 0) is 27.5 Å². The minimum Gasteiger partial charge on any atom is -0.460 e. The lowest BCUT2D eigenvalue weighted by Crippen LogP contribution is -2.12. The Labute approximate surface area is 125 Å². The second-order valence-electron chi connectivity index (χ2n) is 6.84. The minimum atomic E-state index is -0.369. The van der Waals surface area contributed by atoms with Crippen LogP contribution in [0.1, 0.15) is 38.8 Å². The Bertz CT molecular complexity index is 535. The van der Waals surface area contributed by atoms with Gasteiger partial charge in [0.05, 0.1) is 12.5 Å². The molecule has 0 spiro atoms. The van der Waals surface area contributed by atoms with Gasteiger partial charge in [-0.2, -0.15) is 0 Å². The van der Waals surface area contributed by atoms with E-state index in [0.717, 1.165) is 5.56 Å². The van der Waals surface area contributed by atoms with E-state index in [4.69, 9.17) is 9.47 Å². The molecule has 0 radical (unpaired) electrons. The van der Waals surface area contributed by atoms with E-state index in [-0.39, 0.29) is 35.1 Å². The molecule has 0 saturated heterocycles. The molecule has 0 heterocycles. The van der Waals surface area contributed by atoms with Crippen molar-refractivity contribution in [3.63, 3.8) is 0 Å². The summed E-state index contributed by atoms with van der Waals surface area (Å²) in [5.74, 6) is -0.738. The maximum absolute atomic E-state index is 13.9. The molecule has 0 aliphatic heterocycles. The summed E-state index contributed by atoms with van der Waals surface area (Å²) < 4.78 is 24.1. The van der Waals surface area contributed by atoms with Gasteiger partial charge in [0.2, 0.25) is 0 Å². The van der Waals surface area contributed by atoms with E-state index in [1.54, 1.807) is 19.2 Å². The second-order valence-corrected chi connectivity index (χ2v) is 6.84. The van der Waals surface area contributed by atoms with Gasteiger partial charge in [-0.05, 0) is 22.5 Å². The number of carbonyl (C=O) groups excluding carboxylic acids is 1. The highest BCUT2D eigenvalue weighted by Crippen LogP contribution is 2.68. The van der Waals surface area contributed by atoms with Gasteiger partial charge in [0.25, 0.3) is 0 Å². The van der Waals surface area contributed by atoms with Crippen molar-refractivity contribution in [2.75, 3.05) is 7.11 Å². The Balaban J connectivity index is 1.97. The highest BCUT2D eigenvalue weighted by Gasteiger charge is 2.69. The van der Waals surface area contributed by atoms with E-state index in [2.05, 4.69) is 27.7 Å². The molecule has 1 aliphatic rings. The molecule has 0 amide bonds. The van der Waals surface area contributed by atoms with E-state index >= 15 is 0 Å². The van der Waals surface area contributed by atoms with Crippen LogP contribution in [0.15, 0.2) is 18.2 Å². The first-order valence-electron chi connectivity index (χ1n) is 7.14. The number of halogens is 1. The molecule has 4 heteroatoms. The van der Waals surface area contributed by atoms with Crippen LogP contribution < -0.4 is 0 Å². The molecule has 1 saturated carbocycles. The number of rotatable bonds is 5. The second kappa shape index (κ2) is 5.41. The fourth-order valence-corrected chi connectivity index (χ4v) is 2.98. The minimum absolute atomic E-state index is 0.0272. The first kappa shape index (κ1) is 16.0. The van der Waals surface area contributed by atoms with E-state index in [1.807, 2.05) is 0 Å². The summed E-state index contributed by atoms with van der Waals surface area (Å²) in [6.07, 6.45) is 0. The van der Waals surface area contributed by atoms with Crippen molar-refractivity contribution in [1.82, 2.24) is 0 Å². The number of hydrogen-bond acceptors (Lipinski definition) is 3. The number of carbonyl (C=O) groups is 1. The summed E-state index contributed by atoms with van der Waals surface area (Å²) in [7, 11) is 1.56. The molecule has 2 rings (SSSR count). The van der Waals surface area contributed by atoms with E-state index in [9.17, 15) is 9.18 Å². The molecule has 0 N–H and O–H groups in total. The summed E-state index contributed by atoms with van der Waals surface area (Å²) in [6, 6.07) is 4.83. The van der Waals surface area contributed by atoms with Gasteiger partial charge in [-0.15, -0.1) is 0 Å². The van der Waals surface area contributed by atoms with Crippen molar-refractivity contribution in [3.8, 4) is 0 Å². The van der Waals surface area contributed by atoms with Gasteiger partial charge in [-0.25, -0.2) is 4.39 Å². The Morgan fingerprint density at radius 3 is 2.29 bits per heavy atom. The van der Waals surface area contributed by atoms with Gasteiger partial charge < -0.3 is 9.47 Å². The monoisotopic (exact) mass is 294 g/mol. The van der Waals surface area contributed by atoms with Gasteiger partial charge in [0.1, 0.15) is 12.4 Å². The molecular formula is C17H23FO3. The van der Waals surface area contributed by atoms with Crippen LogP contribution >= 0.6 is 0 Å². The number of benzene rings is 1. The molecule has 21 heavy (non-hydrogen) atoms. The normalized spacial score (nSPS) is 19.3. The zero-order chi connectivity index (χ0) is 15.8. The van der Waals surface area contributed by atoms with Crippen LogP contribution in [-0.4, -0.2) is 13.1 Å². The first-order valence-corrected chi connectivity index (χ1v) is 7.14. The lowest BCUT2D eigenvalue weighted by molar-refractivity contribution is -0.148. The lowest BCUT2D eigenvalue weighted by Gasteiger charge is -2.08. The van der Waals surface area contributed by atoms with Crippen LogP contribution in [0, 0.1) is 22.6 Å². The highest BCUT2D eigenvalue weighted by molar-refractivity contribution is 5.78. The van der Waals surface area contributed by atoms with Gasteiger partial charge in [-0.3, -0.25) is 4.79 Å². The van der Waals surface area contributed by atoms with Crippen LogP contribution in [0.4, 0.5) is 4.39 Å². The molecule has 1 aromatic rings. The topological polar surface area (TPSA) is 35.5 Å². The lowest BCUT2D eigenvalue weighted by atomic mass is 10.0. The number of ether oxygens (including phenoxy) is 2. The molecule has 0 unspecified atom stereocenters. The summed E-state index contributed by atoms with van der Waals surface area (Å²) in [4.78, 5) is 12.1. The number of esters is 1. The van der Waals surface area contributed by atoms with Gasteiger partial charge in [-0.1, -0.05) is 39.8 Å². The Kier molecular flexibility index (Phi) is 4.11. The maximum Gasteiger partial charge on any atom is 0.310 e. The average Bonchev–Trinajstić information content (AvgIpc) is 2.79. The standard InChI is InChI=1S/C17H23FO3/c1-16(2)14(17(16,3)4)15(19)21-10-12-7-6-11(9-20-5)8-13(12)18/h6-8,14H,9-10H2,1-5H3. The highest BCUT2D eigenvalue weighted by atomic mass is 19.1. The van der Waals surface area contributed by atoms with Crippen molar-refractivity contribution < 1.29 is 18.7 Å². The molecule has 3 nitrogen and oxygen atoms in total. The Hall–Kier alpha value is -1.42. The molecule has 0 aromatic heterocycles. The molecule has 116 valence electrons. The van der Waals surface area contributed by atoms with E-state index in [1.165, 1.54) is 6.07 Å². The summed E-state index contributed by atoms with van der Waals surface area (Å²) in [5, 5.41) is 0. The molecule has 0 atom stereocenters. The third kappa shape index (κ3) is 2.82. The zero-order valence-corrected chi connectivity index (χ0v) is 13.3. The largest absolute Gasteiger partial charge is 0.460 e. The molecule has 1 aromatic carbocycles. The van der Waals surface area contributed by atoms with Gasteiger partial charge >= 0.3 is 5.97 Å². The van der Waals surface area contributed by atoms with Crippen molar-refractivity contribution in [2.24, 2.45) is 16.7 Å². The fraction of sp³-hybridized carbons (Fsp3) is 0.588. The fourth-order valence-electron chi connectivity index (χ4n) is 2.98. The average molecular weight is 294 g/mol. The third-order valence-electron chi connectivity index (χ3n) is 5.05. The van der Waals surface area contributed by atoms with Crippen LogP contribution in [0.5, 0.6) is 0 Å². The summed E-state index contributed by atoms with van der Waals surface area (Å²) in [5.41, 5.74) is 1.02. The summed E-state index contributed by atoms with van der Waals surface area (Å²) >= 11 is 0. The quantitative estimate of drug-likeness (QED) is 0.777. The third-order valence-corrected chi connectivity index (χ3v) is 5.05. The van der Waals surface area contributed by atoms with Gasteiger partial charge in [0, 0.05) is 12.7 Å². The number of hydrogen-bond donors (Lipinski definition) is 0. The first-order chi connectivity index (χ1) is 9.71. The summed E-state index contributed by atoms with van der Waals surface area (Å²) in [6.45, 7) is 8.55. The Morgan fingerprint density at radius 1 is 1.19 bits per heavy atom. The van der Waals surface area contributed by atoms with Crippen LogP contribution in [0.25, 0.3) is 0 Å². The van der Waals surface area contributed by atoms with E-state index in [0.29, 0.717) is 12.2 Å². The number of methoxy groups -OCH3 is 1. The predicted octanol–water partition coefficient (Wildman–Crippen LogP) is 3.70. The molecule has 1 fully saturated rings. The molecule has 0 bridgehead atoms. The predicted molar refractivity (Wildman–Crippen MR) is 78.0 cm³/mol. The van der Waals surface area contributed by atoms with Crippen molar-refractivity contribution in [3.05, 3.63) is 35.1 Å². The molecular weight excluding hydrogens is 271 g/mol. The van der Waals surface area contributed by atoms with Crippen LogP contribution in [0.3, 0.4) is 0 Å².